The first-order chi connectivity index (χ1) is 12.6. The summed E-state index contributed by atoms with van der Waals surface area (Å²) in [7, 11) is 0. The minimum Gasteiger partial charge on any atom is -0.485 e. The average Bonchev–Trinajstić information content (AvgIpc) is 3.02. The molecule has 3 rings (SSSR count). The van der Waals surface area contributed by atoms with Crippen molar-refractivity contribution in [2.75, 3.05) is 0 Å². The van der Waals surface area contributed by atoms with Gasteiger partial charge in [-0.15, -0.1) is 10.2 Å². The van der Waals surface area contributed by atoms with E-state index in [0.29, 0.717) is 6.61 Å². The molecule has 1 aromatic heterocycles. The summed E-state index contributed by atoms with van der Waals surface area (Å²) in [5.74, 6) is 2.61. The topological polar surface area (TPSA) is 39.9 Å². The Morgan fingerprint density at radius 3 is 2.73 bits per heavy atom. The summed E-state index contributed by atoms with van der Waals surface area (Å²) in [6.07, 6.45) is 0. The molecule has 0 aliphatic carbocycles. The van der Waals surface area contributed by atoms with E-state index in [1.807, 2.05) is 12.1 Å². The third-order valence-corrected chi connectivity index (χ3v) is 5.60. The standard InChI is InChI=1S/C20H22BrN3OS/c1-4-24-19(12-25-18-10-14(2)8-9-15(18)3)22-23-20(24)26-13-16-6-5-7-17(21)11-16/h5-11H,4,12-13H2,1-3H3. The van der Waals surface area contributed by atoms with Gasteiger partial charge >= 0.3 is 0 Å². The van der Waals surface area contributed by atoms with Crippen LogP contribution in [0.5, 0.6) is 5.75 Å². The van der Waals surface area contributed by atoms with Gasteiger partial charge in [-0.3, -0.25) is 0 Å². The Hall–Kier alpha value is -1.79. The maximum Gasteiger partial charge on any atom is 0.191 e. The number of aryl methyl sites for hydroxylation is 2. The van der Waals surface area contributed by atoms with Crippen LogP contribution in [-0.4, -0.2) is 14.8 Å². The molecule has 0 aliphatic rings. The number of hydrogen-bond acceptors (Lipinski definition) is 4. The first-order valence-electron chi connectivity index (χ1n) is 8.56. The molecule has 1 heterocycles. The summed E-state index contributed by atoms with van der Waals surface area (Å²) in [4.78, 5) is 0. The number of aromatic nitrogens is 3. The molecule has 2 aromatic carbocycles. The van der Waals surface area contributed by atoms with Gasteiger partial charge in [-0.05, 0) is 55.7 Å². The molecule has 0 fully saturated rings. The molecule has 0 saturated carbocycles. The Kier molecular flexibility index (Phi) is 6.38. The molecule has 3 aromatic rings. The van der Waals surface area contributed by atoms with Crippen molar-refractivity contribution >= 4 is 27.7 Å². The summed E-state index contributed by atoms with van der Waals surface area (Å²) in [5, 5.41) is 9.63. The van der Waals surface area contributed by atoms with Gasteiger partial charge in [0.05, 0.1) is 0 Å². The van der Waals surface area contributed by atoms with Crippen molar-refractivity contribution in [2.24, 2.45) is 0 Å². The van der Waals surface area contributed by atoms with Gasteiger partial charge in [0, 0.05) is 16.8 Å². The number of ether oxygens (including phenoxy) is 1. The van der Waals surface area contributed by atoms with E-state index in [1.54, 1.807) is 11.8 Å². The van der Waals surface area contributed by atoms with E-state index in [9.17, 15) is 0 Å². The fourth-order valence-corrected chi connectivity index (χ4v) is 4.04. The highest BCUT2D eigenvalue weighted by molar-refractivity contribution is 9.10. The van der Waals surface area contributed by atoms with Gasteiger partial charge in [0.25, 0.3) is 0 Å². The number of benzene rings is 2. The minimum absolute atomic E-state index is 0.419. The molecule has 0 N–H and O–H groups in total. The third-order valence-electron chi connectivity index (χ3n) is 4.07. The molecule has 0 spiro atoms. The van der Waals surface area contributed by atoms with Crippen molar-refractivity contribution in [3.63, 3.8) is 0 Å². The largest absolute Gasteiger partial charge is 0.485 e. The van der Waals surface area contributed by atoms with Crippen LogP contribution in [0.15, 0.2) is 52.1 Å². The molecule has 0 atom stereocenters. The van der Waals surface area contributed by atoms with Crippen molar-refractivity contribution in [1.82, 2.24) is 14.8 Å². The van der Waals surface area contributed by atoms with Gasteiger partial charge in [0.2, 0.25) is 0 Å². The molecular formula is C20H22BrN3OS. The molecule has 6 heteroatoms. The van der Waals surface area contributed by atoms with Crippen molar-refractivity contribution in [3.8, 4) is 5.75 Å². The van der Waals surface area contributed by atoms with E-state index in [1.165, 1.54) is 11.1 Å². The lowest BCUT2D eigenvalue weighted by molar-refractivity contribution is 0.286. The zero-order valence-corrected chi connectivity index (χ0v) is 17.6. The minimum atomic E-state index is 0.419. The quantitative estimate of drug-likeness (QED) is 0.459. The molecule has 0 saturated heterocycles. The van der Waals surface area contributed by atoms with Crippen molar-refractivity contribution in [3.05, 3.63) is 69.5 Å². The van der Waals surface area contributed by atoms with Gasteiger partial charge in [-0.1, -0.05) is 52.0 Å². The van der Waals surface area contributed by atoms with Crippen LogP contribution in [0.25, 0.3) is 0 Å². The number of nitrogens with zero attached hydrogens (tertiary/aromatic N) is 3. The third kappa shape index (κ3) is 4.68. The van der Waals surface area contributed by atoms with Crippen LogP contribution in [0.3, 0.4) is 0 Å². The van der Waals surface area contributed by atoms with E-state index < -0.39 is 0 Å². The number of thioether (sulfide) groups is 1. The normalized spacial score (nSPS) is 10.9. The molecule has 26 heavy (non-hydrogen) atoms. The maximum atomic E-state index is 6.00. The highest BCUT2D eigenvalue weighted by atomic mass is 79.9. The van der Waals surface area contributed by atoms with Gasteiger partial charge in [0.15, 0.2) is 11.0 Å². The predicted molar refractivity (Wildman–Crippen MR) is 110 cm³/mol. The Labute approximate surface area is 167 Å². The second-order valence-electron chi connectivity index (χ2n) is 6.12. The first-order valence-corrected chi connectivity index (χ1v) is 10.3. The molecule has 136 valence electrons. The van der Waals surface area contributed by atoms with Crippen LogP contribution in [0.2, 0.25) is 0 Å². The summed E-state index contributed by atoms with van der Waals surface area (Å²) < 4.78 is 9.21. The van der Waals surface area contributed by atoms with Gasteiger partial charge in [0.1, 0.15) is 12.4 Å². The van der Waals surface area contributed by atoms with E-state index in [4.69, 9.17) is 4.74 Å². The van der Waals surface area contributed by atoms with Crippen LogP contribution in [-0.2, 0) is 18.9 Å². The predicted octanol–water partition coefficient (Wildman–Crippen LogP) is 5.55. The molecule has 0 unspecified atom stereocenters. The second-order valence-corrected chi connectivity index (χ2v) is 7.98. The zero-order chi connectivity index (χ0) is 18.5. The summed E-state index contributed by atoms with van der Waals surface area (Å²) in [6.45, 7) is 7.46. The molecule has 0 aliphatic heterocycles. The average molecular weight is 432 g/mol. The first kappa shape index (κ1) is 19.0. The fourth-order valence-electron chi connectivity index (χ4n) is 2.63. The highest BCUT2D eigenvalue weighted by Crippen LogP contribution is 2.25. The Bertz CT molecular complexity index is 895. The second kappa shape index (κ2) is 8.73. The Morgan fingerprint density at radius 1 is 1.12 bits per heavy atom. The zero-order valence-electron chi connectivity index (χ0n) is 15.2. The Morgan fingerprint density at radius 2 is 1.96 bits per heavy atom. The molecule has 4 nitrogen and oxygen atoms in total. The summed E-state index contributed by atoms with van der Waals surface area (Å²) in [5.41, 5.74) is 3.57. The fraction of sp³-hybridized carbons (Fsp3) is 0.300. The van der Waals surface area contributed by atoms with Crippen LogP contribution in [0.4, 0.5) is 0 Å². The Balaban J connectivity index is 1.68. The van der Waals surface area contributed by atoms with Crippen LogP contribution in [0, 0.1) is 13.8 Å². The van der Waals surface area contributed by atoms with E-state index in [2.05, 4.69) is 81.8 Å². The van der Waals surface area contributed by atoms with Crippen molar-refractivity contribution in [2.45, 2.75) is 44.8 Å². The lowest BCUT2D eigenvalue weighted by Crippen LogP contribution is -2.07. The van der Waals surface area contributed by atoms with E-state index >= 15 is 0 Å². The van der Waals surface area contributed by atoms with Crippen molar-refractivity contribution < 1.29 is 4.74 Å². The molecule has 0 bridgehead atoms. The van der Waals surface area contributed by atoms with Crippen LogP contribution in [0.1, 0.15) is 29.4 Å². The van der Waals surface area contributed by atoms with Gasteiger partial charge in [-0.2, -0.15) is 0 Å². The lowest BCUT2D eigenvalue weighted by Gasteiger charge is -2.11. The van der Waals surface area contributed by atoms with Crippen LogP contribution < -0.4 is 4.74 Å². The van der Waals surface area contributed by atoms with E-state index in [0.717, 1.165) is 39.1 Å². The van der Waals surface area contributed by atoms with E-state index in [-0.39, 0.29) is 0 Å². The number of rotatable bonds is 7. The highest BCUT2D eigenvalue weighted by Gasteiger charge is 2.13. The molecular weight excluding hydrogens is 410 g/mol. The maximum absolute atomic E-state index is 6.00. The number of halogens is 1. The monoisotopic (exact) mass is 431 g/mol. The number of hydrogen-bond donors (Lipinski definition) is 0. The van der Waals surface area contributed by atoms with Crippen LogP contribution >= 0.6 is 27.7 Å². The lowest BCUT2D eigenvalue weighted by atomic mass is 10.1. The molecule has 0 radical (unpaired) electrons. The molecule has 0 amide bonds. The van der Waals surface area contributed by atoms with Gasteiger partial charge in [-0.25, -0.2) is 0 Å². The smallest absolute Gasteiger partial charge is 0.191 e. The summed E-state index contributed by atoms with van der Waals surface area (Å²) >= 11 is 5.21. The van der Waals surface area contributed by atoms with Gasteiger partial charge < -0.3 is 9.30 Å². The summed E-state index contributed by atoms with van der Waals surface area (Å²) in [6, 6.07) is 14.6. The van der Waals surface area contributed by atoms with Crippen molar-refractivity contribution in [1.29, 1.82) is 0 Å². The SMILES string of the molecule is CCn1c(COc2cc(C)ccc2C)nnc1SCc1cccc(Br)c1.